The highest BCUT2D eigenvalue weighted by Crippen LogP contribution is 2.50. The lowest BCUT2D eigenvalue weighted by atomic mass is 9.90. The fourth-order valence-corrected chi connectivity index (χ4v) is 5.30. The lowest BCUT2D eigenvalue weighted by Gasteiger charge is -2.30. The minimum absolute atomic E-state index is 0.154. The molecule has 0 bridgehead atoms. The zero-order valence-electron chi connectivity index (χ0n) is 15.3. The average molecular weight is 416 g/mol. The molecule has 3 fully saturated rings. The van der Waals surface area contributed by atoms with Gasteiger partial charge < -0.3 is 0 Å². The van der Waals surface area contributed by atoms with E-state index < -0.39 is 12.0 Å². The van der Waals surface area contributed by atoms with Gasteiger partial charge in [-0.2, -0.15) is 0 Å². The van der Waals surface area contributed by atoms with E-state index in [0.717, 1.165) is 30.6 Å². The van der Waals surface area contributed by atoms with Crippen LogP contribution in [-0.4, -0.2) is 41.0 Å². The Morgan fingerprint density at radius 2 is 1.57 bits per heavy atom. The smallest absolute Gasteiger partial charge is 0.253 e. The highest BCUT2D eigenvalue weighted by molar-refractivity contribution is 6.35. The molecule has 2 aromatic rings. The molecule has 0 radical (unpaired) electrons. The van der Waals surface area contributed by atoms with Crippen LogP contribution in [0.2, 0.25) is 10.0 Å². The Bertz CT molecular complexity index is 978. The Morgan fingerprint density at radius 3 is 2.25 bits per heavy atom. The second-order valence-corrected chi connectivity index (χ2v) is 8.45. The van der Waals surface area contributed by atoms with Crippen molar-refractivity contribution in [3.8, 4) is 0 Å². The molecule has 0 unspecified atom stereocenters. The number of nitrogens with zero attached hydrogens (tertiary/aromatic N) is 3. The molecule has 0 aromatic heterocycles. The number of amides is 2. The van der Waals surface area contributed by atoms with Gasteiger partial charge in [0.1, 0.15) is 6.04 Å². The van der Waals surface area contributed by atoms with Crippen molar-refractivity contribution < 1.29 is 9.59 Å². The highest BCUT2D eigenvalue weighted by atomic mass is 35.5. The molecule has 2 amide bonds. The zero-order valence-corrected chi connectivity index (χ0v) is 16.8. The number of fused-ring (bicyclic) bond motifs is 3. The van der Waals surface area contributed by atoms with Gasteiger partial charge in [-0.15, -0.1) is 0 Å². The van der Waals surface area contributed by atoms with Crippen molar-refractivity contribution in [1.29, 1.82) is 0 Å². The quantitative estimate of drug-likeness (QED) is 0.698. The molecule has 3 heterocycles. The van der Waals surface area contributed by atoms with Gasteiger partial charge in [-0.3, -0.25) is 9.59 Å². The summed E-state index contributed by atoms with van der Waals surface area (Å²) in [6.45, 7) is 3.55. The van der Waals surface area contributed by atoms with Crippen molar-refractivity contribution in [2.24, 2.45) is 5.92 Å². The van der Waals surface area contributed by atoms with Crippen LogP contribution in [0.25, 0.3) is 0 Å². The van der Waals surface area contributed by atoms with Gasteiger partial charge in [0.25, 0.3) is 5.91 Å². The van der Waals surface area contributed by atoms with E-state index in [2.05, 4.69) is 10.0 Å². The van der Waals surface area contributed by atoms with Crippen molar-refractivity contribution in [3.05, 3.63) is 63.6 Å². The van der Waals surface area contributed by atoms with Crippen LogP contribution in [0.5, 0.6) is 0 Å². The van der Waals surface area contributed by atoms with Gasteiger partial charge in [-0.05, 0) is 43.2 Å². The SMILES string of the molecule is Cc1ccc(N2C(=O)[C@@H]3[C@@H](C2=O)N2CCCN2[C@H]3c2ccc(Cl)cc2Cl)cc1. The lowest BCUT2D eigenvalue weighted by Crippen LogP contribution is -2.44. The molecular formula is C21H19Cl2N3O2. The number of hydrogen-bond acceptors (Lipinski definition) is 4. The van der Waals surface area contributed by atoms with E-state index in [-0.39, 0.29) is 17.9 Å². The monoisotopic (exact) mass is 415 g/mol. The zero-order chi connectivity index (χ0) is 19.6. The predicted molar refractivity (Wildman–Crippen MR) is 108 cm³/mol. The molecule has 0 N–H and O–H groups in total. The number of hydrazine groups is 1. The number of halogens is 2. The molecule has 0 spiro atoms. The Balaban J connectivity index is 1.60. The van der Waals surface area contributed by atoms with Crippen molar-refractivity contribution in [2.75, 3.05) is 18.0 Å². The number of hydrogen-bond donors (Lipinski definition) is 0. The molecule has 144 valence electrons. The van der Waals surface area contributed by atoms with Crippen LogP contribution < -0.4 is 4.90 Å². The summed E-state index contributed by atoms with van der Waals surface area (Å²) < 4.78 is 0. The summed E-state index contributed by atoms with van der Waals surface area (Å²) >= 11 is 12.6. The number of aryl methyl sites for hydroxylation is 1. The van der Waals surface area contributed by atoms with Crippen LogP contribution in [-0.2, 0) is 9.59 Å². The molecule has 7 heteroatoms. The maximum absolute atomic E-state index is 13.5. The first kappa shape index (κ1) is 18.1. The van der Waals surface area contributed by atoms with E-state index in [0.29, 0.717) is 15.7 Å². The third-order valence-corrected chi connectivity index (χ3v) is 6.54. The fraction of sp³-hybridized carbons (Fsp3) is 0.333. The largest absolute Gasteiger partial charge is 0.274 e. The first-order valence-electron chi connectivity index (χ1n) is 9.40. The molecular weight excluding hydrogens is 397 g/mol. The van der Waals surface area contributed by atoms with Crippen LogP contribution in [0, 0.1) is 12.8 Å². The van der Waals surface area contributed by atoms with E-state index in [1.165, 1.54) is 4.90 Å². The molecule has 2 aromatic carbocycles. The summed E-state index contributed by atoms with van der Waals surface area (Å²) in [6.07, 6.45) is 0.955. The minimum atomic E-state index is -0.479. The standard InChI is InChI=1S/C21H19Cl2N3O2/c1-12-3-6-14(7-4-12)26-20(27)17-18(15-8-5-13(22)11-16(15)23)24-9-2-10-25(24)19(17)21(26)28/h3-8,11,17-19H,2,9-10H2,1H3/t17-,18-,19-/m0/s1. The molecule has 5 rings (SSSR count). The first-order chi connectivity index (χ1) is 13.5. The molecule has 3 aliphatic heterocycles. The number of benzene rings is 2. The predicted octanol–water partition coefficient (Wildman–Crippen LogP) is 3.84. The number of carbonyl (C=O) groups is 2. The van der Waals surface area contributed by atoms with E-state index >= 15 is 0 Å². The second kappa shape index (κ2) is 6.56. The van der Waals surface area contributed by atoms with Crippen molar-refractivity contribution >= 4 is 40.7 Å². The number of carbonyl (C=O) groups excluding carboxylic acids is 2. The Kier molecular flexibility index (Phi) is 4.25. The average Bonchev–Trinajstić information content (AvgIpc) is 3.30. The van der Waals surface area contributed by atoms with Gasteiger partial charge in [0.05, 0.1) is 17.6 Å². The molecule has 0 aliphatic carbocycles. The summed E-state index contributed by atoms with van der Waals surface area (Å²) in [5.41, 5.74) is 2.55. The van der Waals surface area contributed by atoms with Gasteiger partial charge in [-0.1, -0.05) is 47.0 Å². The van der Waals surface area contributed by atoms with Crippen LogP contribution >= 0.6 is 23.2 Å². The fourth-order valence-electron chi connectivity index (χ4n) is 4.78. The highest BCUT2D eigenvalue weighted by Gasteiger charge is 2.63. The summed E-state index contributed by atoms with van der Waals surface area (Å²) in [6, 6.07) is 12.1. The van der Waals surface area contributed by atoms with Gasteiger partial charge in [-0.25, -0.2) is 14.9 Å². The van der Waals surface area contributed by atoms with Crippen molar-refractivity contribution in [1.82, 2.24) is 10.0 Å². The van der Waals surface area contributed by atoms with Crippen molar-refractivity contribution in [3.63, 3.8) is 0 Å². The summed E-state index contributed by atoms with van der Waals surface area (Å²) in [7, 11) is 0. The lowest BCUT2D eigenvalue weighted by molar-refractivity contribution is -0.126. The Labute approximate surface area is 173 Å². The summed E-state index contributed by atoms with van der Waals surface area (Å²) in [5, 5.41) is 5.29. The normalized spacial score (nSPS) is 27.5. The second-order valence-electron chi connectivity index (χ2n) is 7.61. The van der Waals surface area contributed by atoms with Crippen molar-refractivity contribution in [2.45, 2.75) is 25.4 Å². The van der Waals surface area contributed by atoms with Gasteiger partial charge in [0.15, 0.2) is 0 Å². The van der Waals surface area contributed by atoms with Crippen LogP contribution in [0.1, 0.15) is 23.6 Å². The Morgan fingerprint density at radius 1 is 0.893 bits per heavy atom. The molecule has 3 atom stereocenters. The number of imide groups is 1. The number of rotatable bonds is 2. The van der Waals surface area contributed by atoms with Crippen LogP contribution in [0.4, 0.5) is 5.69 Å². The van der Waals surface area contributed by atoms with Gasteiger partial charge in [0.2, 0.25) is 5.91 Å². The van der Waals surface area contributed by atoms with Crippen LogP contribution in [0.15, 0.2) is 42.5 Å². The van der Waals surface area contributed by atoms with Gasteiger partial charge in [0, 0.05) is 23.1 Å². The molecule has 3 saturated heterocycles. The maximum atomic E-state index is 13.5. The molecule has 3 aliphatic rings. The molecule has 0 saturated carbocycles. The third kappa shape index (κ3) is 2.54. The number of anilines is 1. The minimum Gasteiger partial charge on any atom is -0.274 e. The summed E-state index contributed by atoms with van der Waals surface area (Å²) in [5.74, 6) is -0.796. The van der Waals surface area contributed by atoms with Gasteiger partial charge >= 0.3 is 0 Å². The molecule has 28 heavy (non-hydrogen) atoms. The van der Waals surface area contributed by atoms with E-state index in [1.807, 2.05) is 37.3 Å². The van der Waals surface area contributed by atoms with E-state index in [1.54, 1.807) is 12.1 Å². The molecule has 5 nitrogen and oxygen atoms in total. The Hall–Kier alpha value is -1.92. The van der Waals surface area contributed by atoms with E-state index in [9.17, 15) is 9.59 Å². The van der Waals surface area contributed by atoms with Crippen LogP contribution in [0.3, 0.4) is 0 Å². The van der Waals surface area contributed by atoms with E-state index in [4.69, 9.17) is 23.2 Å². The summed E-state index contributed by atoms with van der Waals surface area (Å²) in [4.78, 5) is 28.1. The first-order valence-corrected chi connectivity index (χ1v) is 10.2. The topological polar surface area (TPSA) is 43.9 Å². The third-order valence-electron chi connectivity index (χ3n) is 5.98. The maximum Gasteiger partial charge on any atom is 0.253 e.